The van der Waals surface area contributed by atoms with Gasteiger partial charge in [-0.25, -0.2) is 4.98 Å². The van der Waals surface area contributed by atoms with Gasteiger partial charge in [0.1, 0.15) is 10.1 Å². The number of nitrogens with zero attached hydrogens (tertiary/aromatic N) is 3. The Morgan fingerprint density at radius 3 is 2.63 bits per heavy atom. The monoisotopic (exact) mass is 522 g/mol. The minimum Gasteiger partial charge on any atom is -0.369 e. The van der Waals surface area contributed by atoms with Crippen LogP contribution in [0, 0.1) is 5.92 Å². The number of primary amides is 1. The molecule has 2 N–H and O–H groups in total. The summed E-state index contributed by atoms with van der Waals surface area (Å²) in [5.41, 5.74) is 8.09. The summed E-state index contributed by atoms with van der Waals surface area (Å²) in [7, 11) is 0. The van der Waals surface area contributed by atoms with Crippen LogP contribution in [0.3, 0.4) is 0 Å². The molecule has 0 saturated carbocycles. The molecule has 2 fully saturated rings. The van der Waals surface area contributed by atoms with Gasteiger partial charge < -0.3 is 10.6 Å². The van der Waals surface area contributed by atoms with E-state index in [1.165, 1.54) is 11.8 Å². The highest BCUT2D eigenvalue weighted by Crippen LogP contribution is 2.37. The number of nitrogens with two attached hydrogens (primary N) is 1. The lowest BCUT2D eigenvalue weighted by molar-refractivity contribution is -0.123. The SMILES string of the molecule is NC(=O)C1CCN(c2nc3ccccc3cc2/C=C2\SC(=S)N(Cc3ccccc3Cl)C2=O)CC1. The fraction of sp³-hybridized carbons (Fsp3) is 0.231. The molecule has 0 unspecified atom stereocenters. The Kier molecular flexibility index (Phi) is 6.77. The van der Waals surface area contributed by atoms with Gasteiger partial charge in [0.25, 0.3) is 5.91 Å². The molecule has 2 saturated heterocycles. The number of benzene rings is 2. The van der Waals surface area contributed by atoms with Crippen molar-refractivity contribution in [2.24, 2.45) is 11.7 Å². The maximum Gasteiger partial charge on any atom is 0.266 e. The summed E-state index contributed by atoms with van der Waals surface area (Å²) >= 11 is 13.1. The van der Waals surface area contributed by atoms with Crippen molar-refractivity contribution in [1.29, 1.82) is 0 Å². The van der Waals surface area contributed by atoms with Gasteiger partial charge >= 0.3 is 0 Å². The minimum absolute atomic E-state index is 0.115. The molecule has 35 heavy (non-hydrogen) atoms. The molecule has 2 aliphatic rings. The molecule has 2 aromatic carbocycles. The lowest BCUT2D eigenvalue weighted by Crippen LogP contribution is -2.39. The number of rotatable bonds is 5. The molecule has 0 atom stereocenters. The van der Waals surface area contributed by atoms with Crippen molar-refractivity contribution in [2.75, 3.05) is 18.0 Å². The van der Waals surface area contributed by atoms with Gasteiger partial charge in [-0.3, -0.25) is 14.5 Å². The maximum atomic E-state index is 13.3. The molecule has 178 valence electrons. The molecule has 5 rings (SSSR count). The third-order valence-corrected chi connectivity index (χ3v) is 8.12. The van der Waals surface area contributed by atoms with E-state index in [9.17, 15) is 9.59 Å². The van der Waals surface area contributed by atoms with Crippen molar-refractivity contribution in [3.8, 4) is 0 Å². The Balaban J connectivity index is 1.48. The van der Waals surface area contributed by atoms with Crippen LogP contribution in [0.4, 0.5) is 5.82 Å². The lowest BCUT2D eigenvalue weighted by atomic mass is 9.96. The zero-order valence-electron chi connectivity index (χ0n) is 18.8. The highest BCUT2D eigenvalue weighted by molar-refractivity contribution is 8.26. The van der Waals surface area contributed by atoms with Crippen molar-refractivity contribution in [3.05, 3.63) is 75.7 Å². The first kappa shape index (κ1) is 23.8. The number of halogens is 1. The topological polar surface area (TPSA) is 79.5 Å². The summed E-state index contributed by atoms with van der Waals surface area (Å²) in [6.45, 7) is 1.67. The Labute approximate surface area is 218 Å². The third-order valence-electron chi connectivity index (χ3n) is 6.38. The number of thiocarbonyl (C=S) groups is 1. The highest BCUT2D eigenvalue weighted by Gasteiger charge is 2.33. The zero-order chi connectivity index (χ0) is 24.5. The number of amides is 2. The first-order chi connectivity index (χ1) is 16.9. The average molecular weight is 523 g/mol. The molecule has 9 heteroatoms. The number of fused-ring (bicyclic) bond motifs is 1. The number of hydrogen-bond acceptors (Lipinski definition) is 6. The number of carbonyl (C=O) groups excluding carboxylic acids is 2. The number of aromatic nitrogens is 1. The summed E-state index contributed by atoms with van der Waals surface area (Å²) < 4.78 is 0.499. The van der Waals surface area contributed by atoms with Gasteiger partial charge in [-0.2, -0.15) is 0 Å². The second-order valence-corrected chi connectivity index (χ2v) is 10.7. The molecule has 6 nitrogen and oxygen atoms in total. The van der Waals surface area contributed by atoms with Crippen molar-refractivity contribution < 1.29 is 9.59 Å². The summed E-state index contributed by atoms with van der Waals surface area (Å²) in [4.78, 5) is 34.2. The number of piperidine rings is 1. The summed E-state index contributed by atoms with van der Waals surface area (Å²) in [6.07, 6.45) is 3.24. The van der Waals surface area contributed by atoms with Gasteiger partial charge in [-0.1, -0.05) is 72.0 Å². The van der Waals surface area contributed by atoms with Crippen LogP contribution >= 0.6 is 35.6 Å². The van der Waals surface area contributed by atoms with Crippen LogP contribution in [0.5, 0.6) is 0 Å². The normalized spacial score (nSPS) is 18.1. The van der Waals surface area contributed by atoms with Gasteiger partial charge in [-0.15, -0.1) is 0 Å². The number of para-hydroxylation sites is 1. The smallest absolute Gasteiger partial charge is 0.266 e. The standard InChI is InChI=1S/C26H23ClN4O2S2/c27-20-7-3-1-6-18(20)15-31-25(33)22(35-26(31)34)14-19-13-17-5-2-4-8-21(17)29-24(19)30-11-9-16(10-12-30)23(28)32/h1-8,13-14,16H,9-12,15H2,(H2,28,32)/b22-14-. The average Bonchev–Trinajstić information content (AvgIpc) is 3.12. The van der Waals surface area contributed by atoms with Gasteiger partial charge in [0.05, 0.1) is 17.0 Å². The van der Waals surface area contributed by atoms with E-state index in [0.29, 0.717) is 46.7 Å². The quantitative estimate of drug-likeness (QED) is 0.375. The van der Waals surface area contributed by atoms with Gasteiger partial charge in [0, 0.05) is 35.0 Å². The first-order valence-electron chi connectivity index (χ1n) is 11.3. The Hall–Kier alpha value is -2.94. The number of hydrogen-bond donors (Lipinski definition) is 1. The van der Waals surface area contributed by atoms with Gasteiger partial charge in [0.2, 0.25) is 5.91 Å². The largest absolute Gasteiger partial charge is 0.369 e. The lowest BCUT2D eigenvalue weighted by Gasteiger charge is -2.32. The predicted octanol–water partition coefficient (Wildman–Crippen LogP) is 4.99. The molecule has 2 aliphatic heterocycles. The van der Waals surface area contributed by atoms with Crippen LogP contribution in [-0.2, 0) is 16.1 Å². The van der Waals surface area contributed by atoms with E-state index in [0.717, 1.165) is 27.8 Å². The molecular formula is C26H23ClN4O2S2. The summed E-state index contributed by atoms with van der Waals surface area (Å²) in [6, 6.07) is 17.4. The van der Waals surface area contributed by atoms with Crippen LogP contribution in [0.1, 0.15) is 24.0 Å². The van der Waals surface area contributed by atoms with Gasteiger partial charge in [-0.05, 0) is 42.7 Å². The van der Waals surface area contributed by atoms with Crippen LogP contribution < -0.4 is 10.6 Å². The van der Waals surface area contributed by atoms with E-state index in [2.05, 4.69) is 11.0 Å². The van der Waals surface area contributed by atoms with Crippen LogP contribution in [0.15, 0.2) is 59.5 Å². The maximum absolute atomic E-state index is 13.3. The molecular weight excluding hydrogens is 500 g/mol. The molecule has 3 aromatic rings. The van der Waals surface area contributed by atoms with E-state index in [-0.39, 0.29) is 17.7 Å². The fourth-order valence-corrected chi connectivity index (χ4v) is 5.87. The number of anilines is 1. The van der Waals surface area contributed by atoms with E-state index in [4.69, 9.17) is 34.5 Å². The number of thioether (sulfide) groups is 1. The molecule has 0 radical (unpaired) electrons. The molecule has 0 bridgehead atoms. The minimum atomic E-state index is -0.251. The second-order valence-electron chi connectivity index (χ2n) is 8.62. The van der Waals surface area contributed by atoms with Crippen molar-refractivity contribution in [1.82, 2.24) is 9.88 Å². The fourth-order valence-electron chi connectivity index (χ4n) is 4.43. The van der Waals surface area contributed by atoms with Gasteiger partial charge in [0.15, 0.2) is 0 Å². The predicted molar refractivity (Wildman–Crippen MR) is 146 cm³/mol. The molecule has 0 aliphatic carbocycles. The van der Waals surface area contributed by atoms with Crippen molar-refractivity contribution in [3.63, 3.8) is 0 Å². The number of pyridine rings is 1. The molecule has 0 spiro atoms. The van der Waals surface area contributed by atoms with Crippen LogP contribution in [0.2, 0.25) is 5.02 Å². The Morgan fingerprint density at radius 2 is 1.89 bits per heavy atom. The van der Waals surface area contributed by atoms with E-state index in [1.807, 2.05) is 48.5 Å². The molecule has 2 amide bonds. The van der Waals surface area contributed by atoms with E-state index >= 15 is 0 Å². The first-order valence-corrected chi connectivity index (χ1v) is 12.9. The molecule has 3 heterocycles. The summed E-state index contributed by atoms with van der Waals surface area (Å²) in [5, 5.41) is 1.59. The second kappa shape index (κ2) is 9.97. The summed E-state index contributed by atoms with van der Waals surface area (Å²) in [5.74, 6) is 0.282. The Morgan fingerprint density at radius 1 is 1.17 bits per heavy atom. The van der Waals surface area contributed by atoms with Crippen molar-refractivity contribution in [2.45, 2.75) is 19.4 Å². The van der Waals surface area contributed by atoms with E-state index in [1.54, 1.807) is 11.0 Å². The molecule has 1 aromatic heterocycles. The Bertz CT molecular complexity index is 1370. The highest BCUT2D eigenvalue weighted by atomic mass is 35.5. The number of carbonyl (C=O) groups is 2. The van der Waals surface area contributed by atoms with E-state index < -0.39 is 0 Å². The third kappa shape index (κ3) is 4.91. The van der Waals surface area contributed by atoms with Crippen LogP contribution in [-0.4, -0.2) is 39.1 Å². The zero-order valence-corrected chi connectivity index (χ0v) is 21.2. The van der Waals surface area contributed by atoms with Crippen molar-refractivity contribution >= 4 is 74.5 Å². The van der Waals surface area contributed by atoms with Crippen LogP contribution in [0.25, 0.3) is 17.0 Å².